The molecule has 1 atom stereocenters. The van der Waals surface area contributed by atoms with E-state index in [-0.39, 0.29) is 97.5 Å². The predicted molar refractivity (Wildman–Crippen MR) is 351 cm³/mol. The van der Waals surface area contributed by atoms with Crippen molar-refractivity contribution in [1.82, 2.24) is 50.1 Å². The molecular weight excluding hydrogens is 1180 g/mol. The second-order valence-electron chi connectivity index (χ2n) is 26.7. The number of aromatic nitrogens is 3. The minimum absolute atomic E-state index is 0.00540. The van der Waals surface area contributed by atoms with E-state index in [1.54, 1.807) is 25.4 Å². The molecule has 1 spiro atoms. The van der Waals surface area contributed by atoms with E-state index >= 15 is 9.18 Å². The van der Waals surface area contributed by atoms with Gasteiger partial charge in [0.05, 0.1) is 52.7 Å². The molecule has 0 radical (unpaired) electrons. The van der Waals surface area contributed by atoms with Gasteiger partial charge < -0.3 is 45.4 Å². The summed E-state index contributed by atoms with van der Waals surface area (Å²) >= 11 is 0. The van der Waals surface area contributed by atoms with E-state index in [0.717, 1.165) is 72.0 Å². The van der Waals surface area contributed by atoms with Crippen LogP contribution in [0.25, 0.3) is 22.3 Å². The number of piperidine rings is 3. The van der Waals surface area contributed by atoms with Crippen molar-refractivity contribution in [3.8, 4) is 11.3 Å². The average Bonchev–Trinajstić information content (AvgIpc) is 1.56. The number of hydrogen-bond donors (Lipinski definition) is 5. The van der Waals surface area contributed by atoms with E-state index in [2.05, 4.69) is 58.3 Å². The Morgan fingerprint density at radius 2 is 1.54 bits per heavy atom. The van der Waals surface area contributed by atoms with Crippen LogP contribution in [0.15, 0.2) is 85.2 Å². The maximum absolute atomic E-state index is 16.0. The van der Waals surface area contributed by atoms with Crippen molar-refractivity contribution in [2.45, 2.75) is 134 Å². The van der Waals surface area contributed by atoms with Crippen LogP contribution in [0.5, 0.6) is 0 Å². The first kappa shape index (κ1) is 62.7. The molecule has 93 heavy (non-hydrogen) atoms. The quantitative estimate of drug-likeness (QED) is 0.0421. The van der Waals surface area contributed by atoms with Gasteiger partial charge in [0, 0.05) is 111 Å². The molecule has 4 saturated heterocycles. The van der Waals surface area contributed by atoms with Crippen molar-refractivity contribution in [1.29, 1.82) is 0 Å². The third kappa shape index (κ3) is 12.2. The van der Waals surface area contributed by atoms with Gasteiger partial charge in [0.2, 0.25) is 29.5 Å². The molecule has 7 aliphatic rings. The van der Waals surface area contributed by atoms with Gasteiger partial charge in [-0.15, -0.1) is 0 Å². The first-order valence-corrected chi connectivity index (χ1v) is 33.0. The maximum Gasteiger partial charge on any atom is 0.264 e. The van der Waals surface area contributed by atoms with Crippen molar-refractivity contribution in [2.75, 3.05) is 92.4 Å². The number of aryl methyl sites for hydroxylation is 1. The average molecular weight is 1270 g/mol. The molecule has 22 nitrogen and oxygen atoms in total. The molecule has 2 aromatic heterocycles. The van der Waals surface area contributed by atoms with Crippen molar-refractivity contribution in [3.63, 3.8) is 0 Å². The van der Waals surface area contributed by atoms with Gasteiger partial charge in [-0.25, -0.2) is 14.4 Å². The Balaban J connectivity index is 0.631. The third-order valence-corrected chi connectivity index (χ3v) is 20.0. The molecule has 8 amide bonds. The van der Waals surface area contributed by atoms with Gasteiger partial charge in [-0.2, -0.15) is 0 Å². The highest BCUT2D eigenvalue weighted by atomic mass is 19.1. The monoisotopic (exact) mass is 1260 g/mol. The predicted octanol–water partition coefficient (Wildman–Crippen LogP) is 7.23. The van der Waals surface area contributed by atoms with E-state index < -0.39 is 40.9 Å². The molecule has 5 N–H and O–H groups in total. The summed E-state index contributed by atoms with van der Waals surface area (Å²) in [6.45, 7) is 16.3. The number of fused-ring (bicyclic) bond motifs is 4. The molecule has 1 saturated carbocycles. The maximum atomic E-state index is 16.0. The van der Waals surface area contributed by atoms with Gasteiger partial charge in [0.1, 0.15) is 17.4 Å². The van der Waals surface area contributed by atoms with Crippen LogP contribution in [0.4, 0.5) is 33.0 Å². The molecule has 23 heteroatoms. The lowest BCUT2D eigenvalue weighted by molar-refractivity contribution is -0.137. The molecule has 4 aromatic carbocycles. The Morgan fingerprint density at radius 1 is 0.785 bits per heavy atom. The molecule has 6 aromatic rings. The van der Waals surface area contributed by atoms with E-state index in [4.69, 9.17) is 9.97 Å². The topological polar surface area (TPSA) is 247 Å². The number of carbonyl (C=O) groups is 8. The molecule has 1 aliphatic carbocycles. The summed E-state index contributed by atoms with van der Waals surface area (Å²) in [6.07, 6.45) is 8.47. The summed E-state index contributed by atoms with van der Waals surface area (Å²) in [4.78, 5) is 129. The number of imidazole rings is 1. The van der Waals surface area contributed by atoms with E-state index in [1.807, 2.05) is 73.6 Å². The number of anilines is 5. The smallest absolute Gasteiger partial charge is 0.264 e. The number of piperazine rings is 1. The summed E-state index contributed by atoms with van der Waals surface area (Å²) in [5, 5.41) is 14.5. The van der Waals surface area contributed by atoms with Crippen LogP contribution in [-0.4, -0.2) is 178 Å². The summed E-state index contributed by atoms with van der Waals surface area (Å²) in [7, 11) is 0. The molecular formula is C70H81FN14O8. The molecule has 13 rings (SSSR count). The van der Waals surface area contributed by atoms with Gasteiger partial charge in [0.25, 0.3) is 17.7 Å². The van der Waals surface area contributed by atoms with E-state index in [1.165, 1.54) is 37.5 Å². The normalized spacial score (nSPS) is 20.8. The Labute approximate surface area is 540 Å². The molecule has 1 unspecified atom stereocenters. The minimum atomic E-state index is -1.07. The first-order chi connectivity index (χ1) is 44.8. The van der Waals surface area contributed by atoms with Gasteiger partial charge >= 0.3 is 0 Å². The van der Waals surface area contributed by atoms with Crippen LogP contribution < -0.4 is 36.4 Å². The number of nitrogens with zero attached hydrogens (tertiary/aromatic N) is 9. The van der Waals surface area contributed by atoms with Gasteiger partial charge in [-0.3, -0.25) is 53.5 Å². The molecule has 8 heterocycles. The molecule has 5 fully saturated rings. The standard InChI is InChI=1S/C70H81FN14O8/c1-41(2)75-65(89)50-37-55(52(71)32-43(50)5)77-64-63-56(74-40-83(63)42(3)4)38-54(76-64)45-14-17-51-58(34-45)84(48-35-47(36-48)80-24-7-6-8-25-80)69(93)70(51)20-26-82(27-21-70)61(88)39-79-28-30-81(31-29-79)46-15-12-44(13-16-46)33-60(87)73-23-22-72-53-11-9-10-49-62(53)68(92)85(67(49)91)57-18-19-59(86)78-66(57)90/h9-17,32,34,37-38,40-42,47-48,57,72H,6-8,18-31,33,35-36,39H2,1-5H3,(H,73,87)(H,75,89)(H,76,77)(H,78,86,90). The molecule has 486 valence electrons. The lowest BCUT2D eigenvalue weighted by Gasteiger charge is -2.48. The number of hydrogen-bond acceptors (Lipinski definition) is 15. The summed E-state index contributed by atoms with van der Waals surface area (Å²) in [6, 6.07) is 23.1. The highest BCUT2D eigenvalue weighted by Crippen LogP contribution is 2.52. The van der Waals surface area contributed by atoms with Crippen LogP contribution >= 0.6 is 0 Å². The number of amides is 8. The number of nitrogens with one attached hydrogen (secondary N) is 5. The number of carbonyl (C=O) groups excluding carboxylic acids is 8. The van der Waals surface area contributed by atoms with Crippen molar-refractivity contribution in [3.05, 3.63) is 124 Å². The van der Waals surface area contributed by atoms with E-state index in [0.29, 0.717) is 84.4 Å². The van der Waals surface area contributed by atoms with Crippen molar-refractivity contribution >= 4 is 86.9 Å². The molecule has 0 bridgehead atoms. The minimum Gasteiger partial charge on any atom is -0.383 e. The van der Waals surface area contributed by atoms with Crippen LogP contribution in [0.3, 0.4) is 0 Å². The fraction of sp³-hybridized carbons (Fsp3) is 0.457. The van der Waals surface area contributed by atoms with Crippen molar-refractivity contribution in [2.24, 2.45) is 0 Å². The fourth-order valence-electron chi connectivity index (χ4n) is 14.8. The zero-order valence-electron chi connectivity index (χ0n) is 53.5. The summed E-state index contributed by atoms with van der Waals surface area (Å²) in [5.74, 6) is -2.77. The lowest BCUT2D eigenvalue weighted by Crippen LogP contribution is -2.58. The Bertz CT molecular complexity index is 3970. The van der Waals surface area contributed by atoms with Crippen LogP contribution in [0.2, 0.25) is 0 Å². The fourth-order valence-corrected chi connectivity index (χ4v) is 14.8. The zero-order chi connectivity index (χ0) is 65.0. The summed E-state index contributed by atoms with van der Waals surface area (Å²) < 4.78 is 18.0. The van der Waals surface area contributed by atoms with E-state index in [9.17, 15) is 33.6 Å². The van der Waals surface area contributed by atoms with Gasteiger partial charge in [-0.1, -0.05) is 36.8 Å². The largest absolute Gasteiger partial charge is 0.383 e. The number of halogens is 1. The summed E-state index contributed by atoms with van der Waals surface area (Å²) in [5.41, 5.74) is 7.39. The number of benzene rings is 4. The highest BCUT2D eigenvalue weighted by molar-refractivity contribution is 6.25. The third-order valence-electron chi connectivity index (χ3n) is 20.0. The SMILES string of the molecule is Cc1cc(F)c(Nc2nc(-c3ccc4c(c3)N(C3CC(N5CCCCC5)C3)C(=O)C43CCN(C(=O)CN4CCN(c5ccc(CC(=O)NCCNc6cccc7c6C(=O)N(C6CCC(=O)NC6=O)C7=O)cc5)CC4)CC3)cc3ncn(C(C)C)c23)cc1C(=O)NC(C)C. The van der Waals surface area contributed by atoms with Crippen molar-refractivity contribution < 1.29 is 42.7 Å². The first-order valence-electron chi connectivity index (χ1n) is 33.0. The van der Waals surface area contributed by atoms with Gasteiger partial charge in [0.15, 0.2) is 5.82 Å². The Hall–Kier alpha value is -9.09. The zero-order valence-corrected chi connectivity index (χ0v) is 53.5. The van der Waals surface area contributed by atoms with Crippen LogP contribution in [0.1, 0.15) is 139 Å². The molecule has 6 aliphatic heterocycles. The highest BCUT2D eigenvalue weighted by Gasteiger charge is 2.56. The van der Waals surface area contributed by atoms with Gasteiger partial charge in [-0.05, 0) is 158 Å². The second kappa shape index (κ2) is 25.8. The second-order valence-corrected chi connectivity index (χ2v) is 26.7. The lowest BCUT2D eigenvalue weighted by atomic mass is 9.73. The Morgan fingerprint density at radius 3 is 2.26 bits per heavy atom. The van der Waals surface area contributed by atoms with Crippen LogP contribution in [-0.2, 0) is 35.8 Å². The number of likely N-dealkylation sites (tertiary alicyclic amines) is 2. The number of imide groups is 2. The number of pyridine rings is 1. The van der Waals surface area contributed by atoms with Crippen LogP contribution in [0, 0.1) is 12.7 Å². The number of rotatable bonds is 18. The Kier molecular flexibility index (Phi) is 17.4.